The van der Waals surface area contributed by atoms with Crippen molar-refractivity contribution >= 4 is 28.6 Å². The molecule has 5 heteroatoms. The Bertz CT molecular complexity index is 857. The van der Waals surface area contributed by atoms with E-state index in [1.165, 1.54) is 21.6 Å². The van der Waals surface area contributed by atoms with E-state index in [2.05, 4.69) is 57.4 Å². The van der Waals surface area contributed by atoms with Gasteiger partial charge < -0.3 is 4.90 Å². The number of thiophene rings is 2. The van der Waals surface area contributed by atoms with Gasteiger partial charge in [-0.05, 0) is 51.4 Å². The first kappa shape index (κ1) is 17.5. The van der Waals surface area contributed by atoms with Crippen LogP contribution in [0.15, 0.2) is 58.6 Å². The highest BCUT2D eigenvalue weighted by Crippen LogP contribution is 2.37. The molecule has 0 saturated heterocycles. The maximum Gasteiger partial charge on any atom is 0.236 e. The minimum Gasteiger partial charge on any atom is -0.340 e. The van der Waals surface area contributed by atoms with Crippen LogP contribution >= 0.6 is 22.7 Å². The van der Waals surface area contributed by atoms with Gasteiger partial charge in [0.25, 0.3) is 0 Å². The van der Waals surface area contributed by atoms with Gasteiger partial charge in [-0.1, -0.05) is 30.3 Å². The van der Waals surface area contributed by atoms with Crippen LogP contribution in [0.1, 0.15) is 27.6 Å². The standard InChI is InChI=1S/C21H22N2OS2/c1-22(13-16-8-11-25-15-16)20(24)14-23-10-7-19-18(9-12-26-19)21(23)17-5-3-2-4-6-17/h2-6,8-9,11-12,15,21H,7,10,13-14H2,1H3. The molecule has 1 atom stereocenters. The van der Waals surface area contributed by atoms with Gasteiger partial charge in [-0.2, -0.15) is 11.3 Å². The molecule has 1 amide bonds. The SMILES string of the molecule is CN(Cc1ccsc1)C(=O)CN1CCc2sccc2C1c1ccccc1. The molecular weight excluding hydrogens is 360 g/mol. The summed E-state index contributed by atoms with van der Waals surface area (Å²) in [6.45, 7) is 2.05. The molecule has 134 valence electrons. The maximum atomic E-state index is 12.9. The lowest BCUT2D eigenvalue weighted by Gasteiger charge is -2.36. The van der Waals surface area contributed by atoms with Crippen molar-refractivity contribution in [2.24, 2.45) is 0 Å². The number of carbonyl (C=O) groups excluding carboxylic acids is 1. The zero-order valence-corrected chi connectivity index (χ0v) is 16.4. The van der Waals surface area contributed by atoms with E-state index in [1.807, 2.05) is 29.4 Å². The number of carbonyl (C=O) groups is 1. The van der Waals surface area contributed by atoms with Gasteiger partial charge in [0.2, 0.25) is 5.91 Å². The average molecular weight is 383 g/mol. The van der Waals surface area contributed by atoms with E-state index in [4.69, 9.17) is 0 Å². The van der Waals surface area contributed by atoms with Gasteiger partial charge in [-0.3, -0.25) is 9.69 Å². The zero-order valence-electron chi connectivity index (χ0n) is 14.8. The fourth-order valence-electron chi connectivity index (χ4n) is 3.60. The lowest BCUT2D eigenvalue weighted by molar-refractivity contribution is -0.132. The van der Waals surface area contributed by atoms with Crippen LogP contribution in [0.25, 0.3) is 0 Å². The fraction of sp³-hybridized carbons (Fsp3) is 0.286. The predicted molar refractivity (Wildman–Crippen MR) is 109 cm³/mol. The quantitative estimate of drug-likeness (QED) is 0.652. The van der Waals surface area contributed by atoms with E-state index in [1.54, 1.807) is 11.3 Å². The van der Waals surface area contributed by atoms with Crippen molar-refractivity contribution in [3.8, 4) is 0 Å². The molecule has 3 aromatic rings. The Balaban J connectivity index is 1.54. The van der Waals surface area contributed by atoms with Crippen LogP contribution in [-0.2, 0) is 17.8 Å². The molecule has 4 rings (SSSR count). The molecular formula is C21H22N2OS2. The predicted octanol–water partition coefficient (Wildman–Crippen LogP) is 4.42. The van der Waals surface area contributed by atoms with Crippen molar-refractivity contribution in [2.45, 2.75) is 19.0 Å². The van der Waals surface area contributed by atoms with E-state index >= 15 is 0 Å². The summed E-state index contributed by atoms with van der Waals surface area (Å²) >= 11 is 3.51. The molecule has 0 N–H and O–H groups in total. The maximum absolute atomic E-state index is 12.9. The van der Waals surface area contributed by atoms with Crippen molar-refractivity contribution in [3.05, 3.63) is 80.2 Å². The summed E-state index contributed by atoms with van der Waals surface area (Å²) in [6, 6.07) is 15.0. The molecule has 26 heavy (non-hydrogen) atoms. The Morgan fingerprint density at radius 2 is 2.04 bits per heavy atom. The molecule has 0 bridgehead atoms. The smallest absolute Gasteiger partial charge is 0.236 e. The van der Waals surface area contributed by atoms with Gasteiger partial charge in [0.1, 0.15) is 0 Å². The van der Waals surface area contributed by atoms with Crippen molar-refractivity contribution in [3.63, 3.8) is 0 Å². The van der Waals surface area contributed by atoms with E-state index in [-0.39, 0.29) is 11.9 Å². The lowest BCUT2D eigenvalue weighted by atomic mass is 9.93. The highest BCUT2D eigenvalue weighted by Gasteiger charge is 2.31. The van der Waals surface area contributed by atoms with Gasteiger partial charge in [-0.25, -0.2) is 0 Å². The Kier molecular flexibility index (Phi) is 5.20. The number of nitrogens with zero attached hydrogens (tertiary/aromatic N) is 2. The van der Waals surface area contributed by atoms with E-state index < -0.39 is 0 Å². The number of rotatable bonds is 5. The molecule has 1 unspecified atom stereocenters. The summed E-state index contributed by atoms with van der Waals surface area (Å²) in [5.74, 6) is 0.177. The van der Waals surface area contributed by atoms with E-state index in [0.29, 0.717) is 13.1 Å². The molecule has 3 nitrogen and oxygen atoms in total. The third-order valence-corrected chi connectivity index (χ3v) is 6.67. The first-order valence-electron chi connectivity index (χ1n) is 8.82. The minimum absolute atomic E-state index is 0.171. The molecule has 0 aliphatic carbocycles. The van der Waals surface area contributed by atoms with Gasteiger partial charge in [0.15, 0.2) is 0 Å². The normalized spacial score (nSPS) is 17.0. The Hall–Kier alpha value is -1.95. The fourth-order valence-corrected chi connectivity index (χ4v) is 5.17. The summed E-state index contributed by atoms with van der Waals surface area (Å²) in [5.41, 5.74) is 3.82. The second-order valence-electron chi connectivity index (χ2n) is 6.71. The van der Waals surface area contributed by atoms with Gasteiger partial charge in [0, 0.05) is 25.0 Å². The molecule has 0 radical (unpaired) electrons. The Morgan fingerprint density at radius 1 is 1.19 bits per heavy atom. The number of benzene rings is 1. The topological polar surface area (TPSA) is 23.6 Å². The third kappa shape index (κ3) is 3.61. The van der Waals surface area contributed by atoms with Crippen LogP contribution < -0.4 is 0 Å². The Labute approximate surface area is 162 Å². The number of amides is 1. The van der Waals surface area contributed by atoms with Crippen LogP contribution in [0.5, 0.6) is 0 Å². The summed E-state index contributed by atoms with van der Waals surface area (Å²) in [4.78, 5) is 18.5. The number of hydrogen-bond donors (Lipinski definition) is 0. The highest BCUT2D eigenvalue weighted by molar-refractivity contribution is 7.10. The summed E-state index contributed by atoms with van der Waals surface area (Å²) in [7, 11) is 1.90. The molecule has 2 aromatic heterocycles. The lowest BCUT2D eigenvalue weighted by Crippen LogP contribution is -2.43. The summed E-state index contributed by atoms with van der Waals surface area (Å²) < 4.78 is 0. The van der Waals surface area contributed by atoms with Crippen molar-refractivity contribution < 1.29 is 4.79 Å². The molecule has 1 aliphatic rings. The van der Waals surface area contributed by atoms with Crippen molar-refractivity contribution in [1.29, 1.82) is 0 Å². The number of likely N-dealkylation sites (N-methyl/N-ethyl adjacent to an activating group) is 1. The molecule has 0 spiro atoms. The van der Waals surface area contributed by atoms with E-state index in [0.717, 1.165) is 13.0 Å². The zero-order chi connectivity index (χ0) is 17.9. The van der Waals surface area contributed by atoms with Gasteiger partial charge >= 0.3 is 0 Å². The third-order valence-electron chi connectivity index (χ3n) is 4.94. The number of hydrogen-bond acceptors (Lipinski definition) is 4. The largest absolute Gasteiger partial charge is 0.340 e. The summed E-state index contributed by atoms with van der Waals surface area (Å²) in [5, 5.41) is 6.34. The molecule has 0 saturated carbocycles. The second-order valence-corrected chi connectivity index (χ2v) is 8.49. The molecule has 3 heterocycles. The summed E-state index contributed by atoms with van der Waals surface area (Å²) in [6.07, 6.45) is 1.03. The van der Waals surface area contributed by atoms with Crippen molar-refractivity contribution in [1.82, 2.24) is 9.80 Å². The monoisotopic (exact) mass is 382 g/mol. The van der Waals surface area contributed by atoms with Crippen LogP contribution in [-0.4, -0.2) is 35.8 Å². The minimum atomic E-state index is 0.171. The van der Waals surface area contributed by atoms with Gasteiger partial charge in [0.05, 0.1) is 12.6 Å². The first-order valence-corrected chi connectivity index (χ1v) is 10.6. The van der Waals surface area contributed by atoms with Crippen LogP contribution in [0.3, 0.4) is 0 Å². The Morgan fingerprint density at radius 3 is 2.81 bits per heavy atom. The first-order chi connectivity index (χ1) is 12.7. The average Bonchev–Trinajstić information content (AvgIpc) is 3.33. The second kappa shape index (κ2) is 7.74. The molecule has 1 aromatic carbocycles. The van der Waals surface area contributed by atoms with Crippen molar-refractivity contribution in [2.75, 3.05) is 20.1 Å². The molecule has 0 fully saturated rings. The van der Waals surface area contributed by atoms with Gasteiger partial charge in [-0.15, -0.1) is 11.3 Å². The van der Waals surface area contributed by atoms with E-state index in [9.17, 15) is 4.79 Å². The van der Waals surface area contributed by atoms with Crippen LogP contribution in [0, 0.1) is 0 Å². The highest BCUT2D eigenvalue weighted by atomic mass is 32.1. The molecule has 1 aliphatic heterocycles. The van der Waals surface area contributed by atoms with Crippen LogP contribution in [0.2, 0.25) is 0 Å². The number of fused-ring (bicyclic) bond motifs is 1. The van der Waals surface area contributed by atoms with Crippen LogP contribution in [0.4, 0.5) is 0 Å².